The first kappa shape index (κ1) is 25.4. The molecule has 1 heterocycles. The highest BCUT2D eigenvalue weighted by molar-refractivity contribution is 7.88. The Hall–Kier alpha value is -2.26. The maximum absolute atomic E-state index is 13.1. The summed E-state index contributed by atoms with van der Waals surface area (Å²) >= 11 is 0. The first-order chi connectivity index (χ1) is 15.7. The predicted molar refractivity (Wildman–Crippen MR) is 130 cm³/mol. The van der Waals surface area contributed by atoms with Crippen LogP contribution in [0.15, 0.2) is 54.6 Å². The van der Waals surface area contributed by atoms with E-state index in [0.29, 0.717) is 26.1 Å². The summed E-state index contributed by atoms with van der Waals surface area (Å²) in [5.74, 6) is -0.338. The standard InChI is InChI=1S/C25H35N3O4S/c1-19(21-12-10-20(11-13-21)7-6-15-26-33(2,31)32)25(30)27-24(22-8-4-3-5-9-22)18-28-16-14-23(29)17-28/h3-5,8-13,19,23-24,26,29H,6-7,14-18H2,1-2H3,(H,27,30). The van der Waals surface area contributed by atoms with Gasteiger partial charge < -0.3 is 10.4 Å². The van der Waals surface area contributed by atoms with Crippen molar-refractivity contribution in [3.63, 3.8) is 0 Å². The second kappa shape index (κ2) is 11.7. The van der Waals surface area contributed by atoms with Crippen LogP contribution in [0.5, 0.6) is 0 Å². The van der Waals surface area contributed by atoms with Gasteiger partial charge in [0.1, 0.15) is 0 Å². The number of carbonyl (C=O) groups excluding carboxylic acids is 1. The van der Waals surface area contributed by atoms with Crippen molar-refractivity contribution in [2.45, 2.75) is 44.2 Å². The molecule has 0 saturated carbocycles. The number of hydrogen-bond acceptors (Lipinski definition) is 5. The summed E-state index contributed by atoms with van der Waals surface area (Å²) in [6, 6.07) is 17.7. The molecule has 0 aliphatic carbocycles. The summed E-state index contributed by atoms with van der Waals surface area (Å²) in [6.07, 6.45) is 3.11. The minimum Gasteiger partial charge on any atom is -0.392 e. The van der Waals surface area contributed by atoms with Crippen molar-refractivity contribution >= 4 is 15.9 Å². The van der Waals surface area contributed by atoms with Gasteiger partial charge >= 0.3 is 0 Å². The Labute approximate surface area is 197 Å². The highest BCUT2D eigenvalue weighted by atomic mass is 32.2. The third-order valence-corrected chi connectivity index (χ3v) is 6.81. The van der Waals surface area contributed by atoms with Gasteiger partial charge in [-0.3, -0.25) is 9.69 Å². The number of hydrogen-bond donors (Lipinski definition) is 3. The van der Waals surface area contributed by atoms with Gasteiger partial charge in [0, 0.05) is 26.2 Å². The van der Waals surface area contributed by atoms with E-state index in [1.165, 1.54) is 0 Å². The number of amides is 1. The molecular weight excluding hydrogens is 438 g/mol. The largest absolute Gasteiger partial charge is 0.392 e. The smallest absolute Gasteiger partial charge is 0.227 e. The van der Waals surface area contributed by atoms with Crippen LogP contribution in [-0.2, 0) is 21.2 Å². The van der Waals surface area contributed by atoms with Gasteiger partial charge in [-0.05, 0) is 42.9 Å². The lowest BCUT2D eigenvalue weighted by atomic mass is 9.97. The van der Waals surface area contributed by atoms with Crippen LogP contribution in [0.4, 0.5) is 0 Å². The second-order valence-electron chi connectivity index (χ2n) is 8.91. The summed E-state index contributed by atoms with van der Waals surface area (Å²) in [4.78, 5) is 15.3. The molecule has 0 aromatic heterocycles. The van der Waals surface area contributed by atoms with Gasteiger partial charge in [0.05, 0.1) is 24.3 Å². The van der Waals surface area contributed by atoms with E-state index in [2.05, 4.69) is 14.9 Å². The number of sulfonamides is 1. The molecule has 0 bridgehead atoms. The Bertz CT molecular complexity index is 996. The van der Waals surface area contributed by atoms with E-state index in [1.54, 1.807) is 0 Å². The lowest BCUT2D eigenvalue weighted by Crippen LogP contribution is -2.39. The zero-order chi connectivity index (χ0) is 23.8. The van der Waals surface area contributed by atoms with Crippen molar-refractivity contribution < 1.29 is 18.3 Å². The van der Waals surface area contributed by atoms with Crippen LogP contribution in [0.25, 0.3) is 0 Å². The second-order valence-corrected chi connectivity index (χ2v) is 10.7. The van der Waals surface area contributed by atoms with Crippen LogP contribution < -0.4 is 10.0 Å². The van der Waals surface area contributed by atoms with E-state index in [-0.39, 0.29) is 24.0 Å². The summed E-state index contributed by atoms with van der Waals surface area (Å²) in [7, 11) is -3.16. The van der Waals surface area contributed by atoms with E-state index >= 15 is 0 Å². The fourth-order valence-corrected chi connectivity index (χ4v) is 4.64. The molecule has 8 heteroatoms. The molecule has 1 aliphatic rings. The minimum absolute atomic E-state index is 0.0336. The number of nitrogens with zero attached hydrogens (tertiary/aromatic N) is 1. The van der Waals surface area contributed by atoms with Gasteiger partial charge in [0.2, 0.25) is 15.9 Å². The minimum atomic E-state index is -3.16. The zero-order valence-electron chi connectivity index (χ0n) is 19.4. The van der Waals surface area contributed by atoms with Crippen molar-refractivity contribution in [1.29, 1.82) is 0 Å². The van der Waals surface area contributed by atoms with Crippen LogP contribution in [0.2, 0.25) is 0 Å². The third kappa shape index (κ3) is 8.23. The number of aliphatic hydroxyl groups is 1. The van der Waals surface area contributed by atoms with Crippen LogP contribution in [0.1, 0.15) is 48.4 Å². The van der Waals surface area contributed by atoms with Crippen LogP contribution >= 0.6 is 0 Å². The molecule has 33 heavy (non-hydrogen) atoms. The molecule has 3 N–H and O–H groups in total. The molecule has 1 aliphatic heterocycles. The number of β-amino-alcohol motifs (C(OH)–C–C–N with tert-alkyl or cyclic N) is 1. The predicted octanol–water partition coefficient (Wildman–Crippen LogP) is 2.20. The molecule has 180 valence electrons. The number of rotatable bonds is 11. The average molecular weight is 474 g/mol. The monoisotopic (exact) mass is 473 g/mol. The molecule has 3 rings (SSSR count). The lowest BCUT2D eigenvalue weighted by molar-refractivity contribution is -0.123. The first-order valence-corrected chi connectivity index (χ1v) is 13.4. The average Bonchev–Trinajstić information content (AvgIpc) is 3.20. The molecule has 0 spiro atoms. The summed E-state index contributed by atoms with van der Waals surface area (Å²) in [6.45, 7) is 4.45. The Balaban J connectivity index is 1.58. The Morgan fingerprint density at radius 1 is 1.12 bits per heavy atom. The van der Waals surface area contributed by atoms with E-state index in [1.807, 2.05) is 61.5 Å². The van der Waals surface area contributed by atoms with Gasteiger partial charge in [-0.2, -0.15) is 0 Å². The fraction of sp³-hybridized carbons (Fsp3) is 0.480. The maximum Gasteiger partial charge on any atom is 0.227 e. The quantitative estimate of drug-likeness (QED) is 0.435. The molecule has 2 aromatic carbocycles. The number of nitrogens with one attached hydrogen (secondary N) is 2. The number of carbonyl (C=O) groups is 1. The van der Waals surface area contributed by atoms with Gasteiger partial charge in [-0.15, -0.1) is 0 Å². The van der Waals surface area contributed by atoms with Gasteiger partial charge in [-0.1, -0.05) is 54.6 Å². The summed E-state index contributed by atoms with van der Waals surface area (Å²) < 4.78 is 24.8. The highest BCUT2D eigenvalue weighted by Gasteiger charge is 2.26. The molecule has 2 aromatic rings. The van der Waals surface area contributed by atoms with Crippen LogP contribution in [-0.4, -0.2) is 62.9 Å². The molecule has 3 atom stereocenters. The van der Waals surface area contributed by atoms with Crippen molar-refractivity contribution in [2.75, 3.05) is 32.4 Å². The molecule has 7 nitrogen and oxygen atoms in total. The Kier molecular flexibility index (Phi) is 9.02. The van der Waals surface area contributed by atoms with Crippen molar-refractivity contribution in [1.82, 2.24) is 14.9 Å². The molecule has 1 amide bonds. The zero-order valence-corrected chi connectivity index (χ0v) is 20.2. The summed E-state index contributed by atoms with van der Waals surface area (Å²) in [5, 5.41) is 13.1. The fourth-order valence-electron chi connectivity index (χ4n) is 4.13. The molecule has 0 radical (unpaired) electrons. The normalized spacial score (nSPS) is 18.7. The first-order valence-electron chi connectivity index (χ1n) is 11.5. The Morgan fingerprint density at radius 2 is 1.82 bits per heavy atom. The highest BCUT2D eigenvalue weighted by Crippen LogP contribution is 2.22. The van der Waals surface area contributed by atoms with Gasteiger partial charge in [0.15, 0.2) is 0 Å². The van der Waals surface area contributed by atoms with Gasteiger partial charge in [0.25, 0.3) is 0 Å². The summed E-state index contributed by atoms with van der Waals surface area (Å²) in [5.41, 5.74) is 3.10. The van der Waals surface area contributed by atoms with E-state index in [0.717, 1.165) is 42.3 Å². The molecule has 1 fully saturated rings. The SMILES string of the molecule is CC(C(=O)NC(CN1CCC(O)C1)c1ccccc1)c1ccc(CCCNS(C)(=O)=O)cc1. The molecular formula is C25H35N3O4S. The van der Waals surface area contributed by atoms with E-state index in [9.17, 15) is 18.3 Å². The van der Waals surface area contributed by atoms with E-state index < -0.39 is 10.0 Å². The molecule has 1 saturated heterocycles. The van der Waals surface area contributed by atoms with Crippen molar-refractivity contribution in [3.8, 4) is 0 Å². The van der Waals surface area contributed by atoms with Gasteiger partial charge in [-0.25, -0.2) is 13.1 Å². The third-order valence-electron chi connectivity index (χ3n) is 6.09. The molecule has 3 unspecified atom stereocenters. The van der Waals surface area contributed by atoms with E-state index in [4.69, 9.17) is 0 Å². The number of likely N-dealkylation sites (tertiary alicyclic amines) is 1. The lowest BCUT2D eigenvalue weighted by Gasteiger charge is -2.26. The number of aliphatic hydroxyl groups excluding tert-OH is 1. The van der Waals surface area contributed by atoms with Crippen LogP contribution in [0.3, 0.4) is 0 Å². The number of aryl methyl sites for hydroxylation is 1. The topological polar surface area (TPSA) is 98.7 Å². The van der Waals surface area contributed by atoms with Crippen molar-refractivity contribution in [2.24, 2.45) is 0 Å². The van der Waals surface area contributed by atoms with Crippen LogP contribution in [0, 0.1) is 0 Å². The number of benzene rings is 2. The Morgan fingerprint density at radius 3 is 2.42 bits per heavy atom. The van der Waals surface area contributed by atoms with Crippen molar-refractivity contribution in [3.05, 3.63) is 71.3 Å². The maximum atomic E-state index is 13.1.